The second-order valence-corrected chi connectivity index (χ2v) is 4.54. The predicted octanol–water partition coefficient (Wildman–Crippen LogP) is 2.28. The summed E-state index contributed by atoms with van der Waals surface area (Å²) in [5, 5.41) is 9.43. The second kappa shape index (κ2) is 5.32. The van der Waals surface area contributed by atoms with Crippen molar-refractivity contribution in [3.63, 3.8) is 0 Å². The van der Waals surface area contributed by atoms with Crippen molar-refractivity contribution in [1.82, 2.24) is 9.88 Å². The molecule has 0 aliphatic rings. The second-order valence-electron chi connectivity index (χ2n) is 4.54. The normalized spacial score (nSPS) is 12.8. The number of aliphatic carboxylic acids is 1. The van der Waals surface area contributed by atoms with Gasteiger partial charge in [-0.3, -0.25) is 14.7 Å². The van der Waals surface area contributed by atoms with Gasteiger partial charge in [-0.1, -0.05) is 6.07 Å². The molecule has 2 aromatic rings. The molecule has 0 aliphatic heterocycles. The third-order valence-corrected chi connectivity index (χ3v) is 3.24. The number of likely N-dealkylation sites (N-methyl/N-ethyl adjacent to an activating group) is 1. The summed E-state index contributed by atoms with van der Waals surface area (Å²) in [6.07, 6.45) is 1.60. The first kappa shape index (κ1) is 13.4. The zero-order chi connectivity index (χ0) is 14.0. The molecule has 0 saturated heterocycles. The molecule has 0 fully saturated rings. The van der Waals surface area contributed by atoms with Crippen molar-refractivity contribution in [2.75, 3.05) is 7.05 Å². The number of aromatic nitrogens is 1. The van der Waals surface area contributed by atoms with Gasteiger partial charge in [-0.25, -0.2) is 4.39 Å². The third-order valence-electron chi connectivity index (χ3n) is 3.24. The van der Waals surface area contributed by atoms with Crippen LogP contribution in [0.3, 0.4) is 0 Å². The highest BCUT2D eigenvalue weighted by molar-refractivity contribution is 5.82. The summed E-state index contributed by atoms with van der Waals surface area (Å²) in [7, 11) is 1.72. The van der Waals surface area contributed by atoms with E-state index in [0.717, 1.165) is 5.56 Å². The predicted molar refractivity (Wildman–Crippen MR) is 70.3 cm³/mol. The Balaban J connectivity index is 2.36. The van der Waals surface area contributed by atoms with Crippen LogP contribution in [-0.2, 0) is 11.3 Å². The van der Waals surface area contributed by atoms with Crippen LogP contribution < -0.4 is 0 Å². The number of benzene rings is 1. The van der Waals surface area contributed by atoms with Gasteiger partial charge in [0.1, 0.15) is 11.9 Å². The van der Waals surface area contributed by atoms with Gasteiger partial charge in [-0.05, 0) is 37.7 Å². The summed E-state index contributed by atoms with van der Waals surface area (Å²) >= 11 is 0. The molecule has 1 aromatic carbocycles. The number of rotatable bonds is 4. The van der Waals surface area contributed by atoms with Crippen molar-refractivity contribution in [3.05, 3.63) is 41.8 Å². The van der Waals surface area contributed by atoms with E-state index in [2.05, 4.69) is 4.98 Å². The molecule has 19 heavy (non-hydrogen) atoms. The quantitative estimate of drug-likeness (QED) is 0.918. The number of nitrogens with zero attached hydrogens (tertiary/aromatic N) is 2. The van der Waals surface area contributed by atoms with Crippen LogP contribution in [-0.4, -0.2) is 34.0 Å². The molecule has 1 N–H and O–H groups in total. The molecule has 0 radical (unpaired) electrons. The van der Waals surface area contributed by atoms with Gasteiger partial charge in [0.2, 0.25) is 0 Å². The van der Waals surface area contributed by atoms with Crippen LogP contribution in [0.15, 0.2) is 30.5 Å². The molecule has 1 aromatic heterocycles. The fourth-order valence-corrected chi connectivity index (χ4v) is 1.92. The Hall–Kier alpha value is -2.01. The average Bonchev–Trinajstić information content (AvgIpc) is 2.41. The lowest BCUT2D eigenvalue weighted by molar-refractivity contribution is -0.142. The molecule has 0 spiro atoms. The molecule has 1 unspecified atom stereocenters. The van der Waals surface area contributed by atoms with E-state index >= 15 is 0 Å². The van der Waals surface area contributed by atoms with E-state index in [4.69, 9.17) is 5.11 Å². The Morgan fingerprint density at radius 1 is 1.47 bits per heavy atom. The molecule has 5 heteroatoms. The van der Waals surface area contributed by atoms with Gasteiger partial charge in [0.05, 0.1) is 5.52 Å². The Labute approximate surface area is 110 Å². The maximum atomic E-state index is 13.6. The van der Waals surface area contributed by atoms with Crippen LogP contribution in [0.5, 0.6) is 0 Å². The van der Waals surface area contributed by atoms with E-state index in [-0.39, 0.29) is 5.82 Å². The first-order valence-electron chi connectivity index (χ1n) is 5.96. The molecule has 1 heterocycles. The van der Waals surface area contributed by atoms with Gasteiger partial charge in [0.25, 0.3) is 0 Å². The van der Waals surface area contributed by atoms with Crippen molar-refractivity contribution >= 4 is 16.9 Å². The Kier molecular flexibility index (Phi) is 3.76. The minimum Gasteiger partial charge on any atom is -0.480 e. The smallest absolute Gasteiger partial charge is 0.320 e. The van der Waals surface area contributed by atoms with Gasteiger partial charge < -0.3 is 5.11 Å². The highest BCUT2D eigenvalue weighted by atomic mass is 19.1. The van der Waals surface area contributed by atoms with Gasteiger partial charge in [0.15, 0.2) is 0 Å². The monoisotopic (exact) mass is 262 g/mol. The summed E-state index contributed by atoms with van der Waals surface area (Å²) in [5.74, 6) is -1.21. The third kappa shape index (κ3) is 2.71. The number of halogens is 1. The number of hydrogen-bond acceptors (Lipinski definition) is 3. The van der Waals surface area contributed by atoms with E-state index in [9.17, 15) is 9.18 Å². The van der Waals surface area contributed by atoms with Crippen molar-refractivity contribution < 1.29 is 14.3 Å². The van der Waals surface area contributed by atoms with Crippen molar-refractivity contribution in [2.45, 2.75) is 19.5 Å². The molecule has 1 atom stereocenters. The highest BCUT2D eigenvalue weighted by Crippen LogP contribution is 2.21. The Morgan fingerprint density at radius 3 is 2.89 bits per heavy atom. The molecular weight excluding hydrogens is 247 g/mol. The van der Waals surface area contributed by atoms with E-state index in [0.29, 0.717) is 17.4 Å². The summed E-state index contributed by atoms with van der Waals surface area (Å²) in [6, 6.07) is 5.78. The van der Waals surface area contributed by atoms with Gasteiger partial charge in [-0.15, -0.1) is 0 Å². The van der Waals surface area contributed by atoms with Crippen LogP contribution in [0, 0.1) is 5.82 Å². The SMILES string of the molecule is CC(C(=O)O)N(C)Cc1ccc(F)c2cccnc12. The lowest BCUT2D eigenvalue weighted by Gasteiger charge is -2.21. The van der Waals surface area contributed by atoms with Gasteiger partial charge >= 0.3 is 5.97 Å². The van der Waals surface area contributed by atoms with E-state index < -0.39 is 12.0 Å². The summed E-state index contributed by atoms with van der Waals surface area (Å²) < 4.78 is 13.6. The molecule has 0 bridgehead atoms. The van der Waals surface area contributed by atoms with Gasteiger partial charge in [-0.2, -0.15) is 0 Å². The zero-order valence-corrected chi connectivity index (χ0v) is 10.8. The van der Waals surface area contributed by atoms with Crippen LogP contribution in [0.1, 0.15) is 12.5 Å². The van der Waals surface area contributed by atoms with E-state index in [1.54, 1.807) is 43.3 Å². The molecule has 2 rings (SSSR count). The molecule has 4 nitrogen and oxygen atoms in total. The first-order chi connectivity index (χ1) is 9.00. The minimum absolute atomic E-state index is 0.319. The molecule has 0 amide bonds. The lowest BCUT2D eigenvalue weighted by Crippen LogP contribution is -2.35. The fourth-order valence-electron chi connectivity index (χ4n) is 1.92. The van der Waals surface area contributed by atoms with Crippen molar-refractivity contribution in [2.24, 2.45) is 0 Å². The topological polar surface area (TPSA) is 53.4 Å². The Morgan fingerprint density at radius 2 is 2.21 bits per heavy atom. The molecule has 0 saturated carbocycles. The summed E-state index contributed by atoms with van der Waals surface area (Å²) in [4.78, 5) is 16.8. The fraction of sp³-hybridized carbons (Fsp3) is 0.286. The van der Waals surface area contributed by atoms with Crippen molar-refractivity contribution in [3.8, 4) is 0 Å². The van der Waals surface area contributed by atoms with E-state index in [1.165, 1.54) is 6.07 Å². The maximum Gasteiger partial charge on any atom is 0.320 e. The van der Waals surface area contributed by atoms with Gasteiger partial charge in [0, 0.05) is 18.1 Å². The lowest BCUT2D eigenvalue weighted by atomic mass is 10.1. The minimum atomic E-state index is -0.887. The molecule has 0 aliphatic carbocycles. The number of fused-ring (bicyclic) bond motifs is 1. The van der Waals surface area contributed by atoms with Crippen LogP contribution in [0.4, 0.5) is 4.39 Å². The largest absolute Gasteiger partial charge is 0.480 e. The average molecular weight is 262 g/mol. The van der Waals surface area contributed by atoms with E-state index in [1.807, 2.05) is 0 Å². The molecular formula is C14H15FN2O2. The Bertz CT molecular complexity index is 615. The van der Waals surface area contributed by atoms with Crippen LogP contribution in [0.2, 0.25) is 0 Å². The van der Waals surface area contributed by atoms with Crippen LogP contribution >= 0.6 is 0 Å². The zero-order valence-electron chi connectivity index (χ0n) is 10.8. The number of carboxylic acids is 1. The number of carboxylic acid groups (broad SMARTS) is 1. The summed E-state index contributed by atoms with van der Waals surface area (Å²) in [6.45, 7) is 2.02. The van der Waals surface area contributed by atoms with Crippen LogP contribution in [0.25, 0.3) is 10.9 Å². The number of pyridine rings is 1. The first-order valence-corrected chi connectivity index (χ1v) is 5.96. The number of carbonyl (C=O) groups is 1. The van der Waals surface area contributed by atoms with Crippen molar-refractivity contribution in [1.29, 1.82) is 0 Å². The summed E-state index contributed by atoms with van der Waals surface area (Å²) in [5.41, 5.74) is 1.39. The standard InChI is InChI=1S/C14H15FN2O2/c1-9(14(18)19)17(2)8-10-5-6-12(15)11-4-3-7-16-13(10)11/h3-7,9H,8H2,1-2H3,(H,18,19). The molecule has 100 valence electrons. The maximum absolute atomic E-state index is 13.6. The highest BCUT2D eigenvalue weighted by Gasteiger charge is 2.18. The number of hydrogen-bond donors (Lipinski definition) is 1.